The van der Waals surface area contributed by atoms with Gasteiger partial charge in [0.2, 0.25) is 11.8 Å². The van der Waals surface area contributed by atoms with E-state index in [1.54, 1.807) is 34.5 Å². The molecule has 10 nitrogen and oxygen atoms in total. The molecule has 0 bridgehead atoms. The maximum absolute atomic E-state index is 13.8. The Morgan fingerprint density at radius 3 is 2.24 bits per heavy atom. The summed E-state index contributed by atoms with van der Waals surface area (Å²) < 4.78 is 21.9. The van der Waals surface area contributed by atoms with E-state index in [1.165, 1.54) is 0 Å². The number of rotatable bonds is 7. The van der Waals surface area contributed by atoms with Crippen LogP contribution in [0.3, 0.4) is 0 Å². The van der Waals surface area contributed by atoms with Gasteiger partial charge in [0.05, 0.1) is 53.1 Å². The van der Waals surface area contributed by atoms with Gasteiger partial charge in [0.15, 0.2) is 0 Å². The number of benzene rings is 1. The quantitative estimate of drug-likeness (QED) is 0.542. The topological polar surface area (TPSA) is 89.5 Å². The Kier molecular flexibility index (Phi) is 7.09. The number of hydrogen-bond acceptors (Lipinski definition) is 8. The molecule has 1 atom stereocenters. The van der Waals surface area contributed by atoms with Gasteiger partial charge in [0.25, 0.3) is 0 Å². The van der Waals surface area contributed by atoms with Crippen LogP contribution in [0.1, 0.15) is 49.6 Å². The summed E-state index contributed by atoms with van der Waals surface area (Å²) >= 11 is 0. The van der Waals surface area contributed by atoms with Crippen LogP contribution in [0.15, 0.2) is 30.0 Å². The molecule has 0 radical (unpaired) electrons. The fourth-order valence-electron chi connectivity index (χ4n) is 6.27. The number of methoxy groups -OCH3 is 4. The molecule has 0 unspecified atom stereocenters. The molecule has 0 N–H and O–H groups in total. The van der Waals surface area contributed by atoms with E-state index in [9.17, 15) is 4.79 Å². The van der Waals surface area contributed by atoms with Crippen molar-refractivity contribution in [3.05, 3.63) is 46.9 Å². The smallest absolute Gasteiger partial charge is 0.325 e. The highest BCUT2D eigenvalue weighted by Gasteiger charge is 2.54. The molecule has 0 aliphatic carbocycles. The van der Waals surface area contributed by atoms with Crippen LogP contribution in [-0.2, 0) is 13.1 Å². The fourth-order valence-corrected chi connectivity index (χ4v) is 6.27. The number of piperidine rings is 1. The monoisotopic (exact) mass is 523 g/mol. The molecule has 5 rings (SSSR count). The molecule has 3 aliphatic heterocycles. The number of aromatic nitrogens is 2. The van der Waals surface area contributed by atoms with Gasteiger partial charge in [0, 0.05) is 42.9 Å². The first kappa shape index (κ1) is 26.1. The lowest BCUT2D eigenvalue weighted by atomic mass is 9.82. The first-order valence-electron chi connectivity index (χ1n) is 13.1. The van der Waals surface area contributed by atoms with E-state index >= 15 is 0 Å². The normalized spacial score (nSPS) is 20.5. The number of carbonyl (C=O) groups is 1. The lowest BCUT2D eigenvalue weighted by Gasteiger charge is -2.44. The van der Waals surface area contributed by atoms with Gasteiger partial charge in [-0.3, -0.25) is 9.80 Å². The summed E-state index contributed by atoms with van der Waals surface area (Å²) in [5, 5.41) is 0. The Morgan fingerprint density at radius 2 is 1.66 bits per heavy atom. The summed E-state index contributed by atoms with van der Waals surface area (Å²) in [6, 6.07) is 5.70. The number of hydrogen-bond donors (Lipinski definition) is 0. The largest absolute Gasteiger partial charge is 0.497 e. The number of fused-ring (bicyclic) bond motifs is 3. The summed E-state index contributed by atoms with van der Waals surface area (Å²) in [5.41, 5.74) is 2.93. The van der Waals surface area contributed by atoms with E-state index < -0.39 is 0 Å². The van der Waals surface area contributed by atoms with Crippen molar-refractivity contribution in [2.24, 2.45) is 0 Å². The molecule has 3 aliphatic rings. The number of likely N-dealkylation sites (tertiary alicyclic amines) is 1. The zero-order chi connectivity index (χ0) is 27.0. The third kappa shape index (κ3) is 4.30. The van der Waals surface area contributed by atoms with E-state index in [2.05, 4.69) is 39.7 Å². The van der Waals surface area contributed by atoms with Crippen molar-refractivity contribution in [2.45, 2.75) is 51.2 Å². The predicted octanol–water partition coefficient (Wildman–Crippen LogP) is 3.80. The van der Waals surface area contributed by atoms with Crippen LogP contribution in [0.4, 0.5) is 4.79 Å². The molecule has 204 valence electrons. The number of allylic oxidation sites excluding steroid dienone is 1. The minimum Gasteiger partial charge on any atom is -0.497 e. The van der Waals surface area contributed by atoms with Crippen molar-refractivity contribution in [1.82, 2.24) is 24.7 Å². The Hall–Kier alpha value is -3.53. The molecule has 0 saturated carbocycles. The van der Waals surface area contributed by atoms with Crippen molar-refractivity contribution in [3.63, 3.8) is 0 Å². The SMILES string of the molecule is CCN1C(=O)N2Cc3cc(OC)cc(OC)c3[C@@H](C)C=C2C12CCN(Cc1nc(OC)cc(OC)n1)CC2. The van der Waals surface area contributed by atoms with Gasteiger partial charge in [0.1, 0.15) is 17.3 Å². The third-order valence-corrected chi connectivity index (χ3v) is 8.10. The molecule has 1 aromatic carbocycles. The van der Waals surface area contributed by atoms with E-state index in [0.29, 0.717) is 37.2 Å². The van der Waals surface area contributed by atoms with Crippen molar-refractivity contribution >= 4 is 6.03 Å². The van der Waals surface area contributed by atoms with Crippen LogP contribution < -0.4 is 18.9 Å². The molecule has 2 aromatic rings. The zero-order valence-electron chi connectivity index (χ0n) is 23.1. The highest BCUT2D eigenvalue weighted by molar-refractivity contribution is 5.83. The second kappa shape index (κ2) is 10.3. The summed E-state index contributed by atoms with van der Waals surface area (Å²) in [7, 11) is 6.51. The maximum Gasteiger partial charge on any atom is 0.325 e. The molecule has 1 aromatic heterocycles. The van der Waals surface area contributed by atoms with Gasteiger partial charge in [-0.25, -0.2) is 4.79 Å². The average molecular weight is 524 g/mol. The maximum atomic E-state index is 13.8. The lowest BCUT2D eigenvalue weighted by Crippen LogP contribution is -2.53. The standard InChI is InChI=1S/C28H37N5O5/c1-7-33-27(34)32-16-19-13-20(35-3)14-21(36-4)26(19)18(2)12-22(32)28(33)8-10-31(11-9-28)17-23-29-24(37-5)15-25(30-23)38-6/h12-15,18H,7-11,16-17H2,1-6H3/t18-/m0/s1. The number of nitrogens with zero attached hydrogens (tertiary/aromatic N) is 5. The Balaban J connectivity index is 1.43. The molecule has 1 spiro atoms. The summed E-state index contributed by atoms with van der Waals surface area (Å²) in [6.45, 7) is 7.62. The number of likely N-dealkylation sites (N-methyl/N-ethyl adjacent to an activating group) is 1. The van der Waals surface area contributed by atoms with Crippen LogP contribution in [0.2, 0.25) is 0 Å². The molecular formula is C28H37N5O5. The van der Waals surface area contributed by atoms with E-state index in [0.717, 1.165) is 54.3 Å². The first-order valence-corrected chi connectivity index (χ1v) is 13.1. The van der Waals surface area contributed by atoms with Crippen LogP contribution >= 0.6 is 0 Å². The number of carbonyl (C=O) groups excluding carboxylic acids is 1. The fraction of sp³-hybridized carbons (Fsp3) is 0.536. The predicted molar refractivity (Wildman–Crippen MR) is 142 cm³/mol. The average Bonchev–Trinajstić information content (AvgIpc) is 3.03. The highest BCUT2D eigenvalue weighted by atomic mass is 16.5. The van der Waals surface area contributed by atoms with Crippen molar-refractivity contribution in [1.29, 1.82) is 0 Å². The van der Waals surface area contributed by atoms with Gasteiger partial charge in [-0.2, -0.15) is 9.97 Å². The van der Waals surface area contributed by atoms with Gasteiger partial charge in [-0.05, 0) is 31.4 Å². The Morgan fingerprint density at radius 1 is 0.974 bits per heavy atom. The molecule has 38 heavy (non-hydrogen) atoms. The second-order valence-electron chi connectivity index (χ2n) is 10.0. The number of amides is 2. The molecule has 10 heteroatoms. The molecule has 4 heterocycles. The third-order valence-electron chi connectivity index (χ3n) is 8.10. The molecule has 2 amide bonds. The second-order valence-corrected chi connectivity index (χ2v) is 10.0. The Bertz CT molecular complexity index is 1220. The summed E-state index contributed by atoms with van der Waals surface area (Å²) in [4.78, 5) is 29.2. The van der Waals surface area contributed by atoms with Crippen LogP contribution in [0, 0.1) is 0 Å². The molecule has 2 fully saturated rings. The van der Waals surface area contributed by atoms with E-state index in [-0.39, 0.29) is 17.5 Å². The molecule has 2 saturated heterocycles. The minimum absolute atomic E-state index is 0.0647. The Labute approximate surface area is 224 Å². The van der Waals surface area contributed by atoms with Gasteiger partial charge in [-0.1, -0.05) is 13.0 Å². The van der Waals surface area contributed by atoms with Gasteiger partial charge >= 0.3 is 6.03 Å². The van der Waals surface area contributed by atoms with Crippen molar-refractivity contribution in [3.8, 4) is 23.3 Å². The van der Waals surface area contributed by atoms with Gasteiger partial charge < -0.3 is 23.8 Å². The number of ether oxygens (including phenoxy) is 4. The summed E-state index contributed by atoms with van der Waals surface area (Å²) in [6.07, 6.45) is 3.94. The van der Waals surface area contributed by atoms with Gasteiger partial charge in [-0.15, -0.1) is 0 Å². The first-order chi connectivity index (χ1) is 18.4. The van der Waals surface area contributed by atoms with E-state index in [4.69, 9.17) is 18.9 Å². The zero-order valence-corrected chi connectivity index (χ0v) is 23.1. The minimum atomic E-state index is -0.344. The number of urea groups is 1. The van der Waals surface area contributed by atoms with E-state index in [1.807, 2.05) is 17.0 Å². The summed E-state index contributed by atoms with van der Waals surface area (Å²) in [5.74, 6) is 3.24. The lowest BCUT2D eigenvalue weighted by molar-refractivity contribution is 0.0872. The van der Waals surface area contributed by atoms with Crippen LogP contribution in [0.25, 0.3) is 0 Å². The van der Waals surface area contributed by atoms with Crippen LogP contribution in [-0.4, -0.2) is 84.3 Å². The molecular weight excluding hydrogens is 486 g/mol. The van der Waals surface area contributed by atoms with Crippen molar-refractivity contribution in [2.75, 3.05) is 48.1 Å². The van der Waals surface area contributed by atoms with Crippen molar-refractivity contribution < 1.29 is 23.7 Å². The highest BCUT2D eigenvalue weighted by Crippen LogP contribution is 2.49. The van der Waals surface area contributed by atoms with Crippen LogP contribution in [0.5, 0.6) is 23.3 Å².